The molecule has 5 nitrogen and oxygen atoms in total. The van der Waals surface area contributed by atoms with Crippen LogP contribution < -0.4 is 10.1 Å². The number of hydrogen-bond donors (Lipinski definition) is 1. The van der Waals surface area contributed by atoms with Crippen molar-refractivity contribution in [3.05, 3.63) is 59.4 Å². The van der Waals surface area contributed by atoms with Gasteiger partial charge in [-0.1, -0.05) is 0 Å². The van der Waals surface area contributed by atoms with E-state index in [9.17, 15) is 9.18 Å². The number of carbonyl (C=O) groups is 1. The Kier molecular flexibility index (Phi) is 4.87. The molecule has 0 amide bonds. The molecule has 2 atom stereocenters. The molecule has 6 heteroatoms. The molecule has 0 saturated carbocycles. The van der Waals surface area contributed by atoms with E-state index in [1.54, 1.807) is 7.11 Å². The van der Waals surface area contributed by atoms with Gasteiger partial charge in [0.15, 0.2) is 6.10 Å². The van der Waals surface area contributed by atoms with Crippen molar-refractivity contribution in [2.24, 2.45) is 0 Å². The first-order chi connectivity index (χ1) is 12.4. The highest BCUT2D eigenvalue weighted by Gasteiger charge is 2.47. The van der Waals surface area contributed by atoms with Crippen LogP contribution in [0.1, 0.15) is 35.9 Å². The van der Waals surface area contributed by atoms with Gasteiger partial charge in [0.2, 0.25) is 0 Å². The van der Waals surface area contributed by atoms with Crippen LogP contribution >= 0.6 is 0 Å². The van der Waals surface area contributed by atoms with Crippen LogP contribution in [0, 0.1) is 5.82 Å². The molecule has 2 unspecified atom stereocenters. The second kappa shape index (κ2) is 6.96. The van der Waals surface area contributed by atoms with Crippen molar-refractivity contribution < 1.29 is 23.4 Å². The van der Waals surface area contributed by atoms with E-state index in [2.05, 4.69) is 5.32 Å². The van der Waals surface area contributed by atoms with Gasteiger partial charge >= 0.3 is 5.97 Å². The summed E-state index contributed by atoms with van der Waals surface area (Å²) in [6.45, 7) is 3.69. The summed E-state index contributed by atoms with van der Waals surface area (Å²) in [5.74, 6) is -0.275. The molecule has 0 bridgehead atoms. The Hall–Kier alpha value is -2.60. The lowest BCUT2D eigenvalue weighted by molar-refractivity contribution is -0.129. The maximum atomic E-state index is 13.1. The molecule has 1 aliphatic heterocycles. The number of benzene rings is 2. The molecule has 0 aliphatic carbocycles. The molecular formula is C20H22FNO4. The molecule has 26 heavy (non-hydrogen) atoms. The third kappa shape index (κ3) is 3.37. The molecule has 3 rings (SSSR count). The molecule has 138 valence electrons. The average molecular weight is 359 g/mol. The minimum absolute atomic E-state index is 0.270. The summed E-state index contributed by atoms with van der Waals surface area (Å²) in [4.78, 5) is 12.5. The van der Waals surface area contributed by atoms with Crippen LogP contribution in [-0.4, -0.2) is 31.8 Å². The SMILES string of the molecule is CNc1ccc2c(c1)C(OC)C(OC(=O)c1ccc(F)cc1)C(C)(C)O2. The second-order valence-electron chi connectivity index (χ2n) is 6.70. The van der Waals surface area contributed by atoms with Crippen molar-refractivity contribution in [1.82, 2.24) is 0 Å². The highest BCUT2D eigenvalue weighted by Crippen LogP contribution is 2.44. The Bertz CT molecular complexity index is 804. The molecule has 0 saturated heterocycles. The Morgan fingerprint density at radius 1 is 1.19 bits per heavy atom. The summed E-state index contributed by atoms with van der Waals surface area (Å²) in [6, 6.07) is 10.9. The largest absolute Gasteiger partial charge is 0.483 e. The summed E-state index contributed by atoms with van der Waals surface area (Å²) in [5, 5.41) is 3.07. The number of halogens is 1. The van der Waals surface area contributed by atoms with Gasteiger partial charge < -0.3 is 19.5 Å². The molecule has 2 aromatic carbocycles. The average Bonchev–Trinajstić information content (AvgIpc) is 2.62. The van der Waals surface area contributed by atoms with Crippen LogP contribution in [0.4, 0.5) is 10.1 Å². The number of esters is 1. The number of rotatable bonds is 4. The van der Waals surface area contributed by atoms with Crippen molar-refractivity contribution in [1.29, 1.82) is 0 Å². The van der Waals surface area contributed by atoms with E-state index in [0.717, 1.165) is 11.3 Å². The summed E-state index contributed by atoms with van der Waals surface area (Å²) in [7, 11) is 3.39. The third-order valence-corrected chi connectivity index (χ3v) is 4.51. The van der Waals surface area contributed by atoms with E-state index in [1.807, 2.05) is 39.1 Å². The first-order valence-electron chi connectivity index (χ1n) is 8.36. The Morgan fingerprint density at radius 3 is 2.50 bits per heavy atom. The highest BCUT2D eigenvalue weighted by molar-refractivity contribution is 5.89. The van der Waals surface area contributed by atoms with E-state index in [-0.39, 0.29) is 5.56 Å². The molecule has 0 aromatic heterocycles. The molecule has 0 radical (unpaired) electrons. The van der Waals surface area contributed by atoms with E-state index in [4.69, 9.17) is 14.2 Å². The van der Waals surface area contributed by atoms with Gasteiger partial charge in [0.1, 0.15) is 23.3 Å². The lowest BCUT2D eigenvalue weighted by Crippen LogP contribution is -2.51. The molecule has 2 aromatic rings. The number of carbonyl (C=O) groups excluding carboxylic acids is 1. The van der Waals surface area contributed by atoms with Crippen LogP contribution in [0.25, 0.3) is 0 Å². The zero-order valence-corrected chi connectivity index (χ0v) is 15.2. The normalized spacial score (nSPS) is 20.7. The molecule has 0 fully saturated rings. The quantitative estimate of drug-likeness (QED) is 0.838. The molecular weight excluding hydrogens is 337 g/mol. The van der Waals surface area contributed by atoms with Gasteiger partial charge in [-0.2, -0.15) is 0 Å². The zero-order valence-electron chi connectivity index (χ0n) is 15.2. The fourth-order valence-electron chi connectivity index (χ4n) is 3.11. The number of anilines is 1. The fourth-order valence-corrected chi connectivity index (χ4v) is 3.11. The highest BCUT2D eigenvalue weighted by atomic mass is 19.1. The van der Waals surface area contributed by atoms with E-state index in [0.29, 0.717) is 5.75 Å². The Balaban J connectivity index is 1.93. The summed E-state index contributed by atoms with van der Waals surface area (Å²) in [5.41, 5.74) is 1.17. The van der Waals surface area contributed by atoms with Crippen LogP contribution in [0.2, 0.25) is 0 Å². The van der Waals surface area contributed by atoms with E-state index in [1.165, 1.54) is 24.3 Å². The van der Waals surface area contributed by atoms with Gasteiger partial charge in [-0.05, 0) is 56.3 Å². The second-order valence-corrected chi connectivity index (χ2v) is 6.70. The van der Waals surface area contributed by atoms with Crippen LogP contribution in [0.3, 0.4) is 0 Å². The Labute approximate surface area is 152 Å². The first kappa shape index (κ1) is 18.2. The van der Waals surface area contributed by atoms with Gasteiger partial charge in [-0.15, -0.1) is 0 Å². The number of ether oxygens (including phenoxy) is 3. The number of hydrogen-bond acceptors (Lipinski definition) is 5. The summed E-state index contributed by atoms with van der Waals surface area (Å²) in [6.07, 6.45) is -1.17. The topological polar surface area (TPSA) is 56.8 Å². The minimum atomic E-state index is -0.801. The lowest BCUT2D eigenvalue weighted by Gasteiger charge is -2.43. The van der Waals surface area contributed by atoms with Gasteiger partial charge in [0.25, 0.3) is 0 Å². The molecule has 1 aliphatic rings. The maximum absolute atomic E-state index is 13.1. The number of nitrogens with one attached hydrogen (secondary N) is 1. The van der Waals surface area contributed by atoms with Crippen LogP contribution in [0.15, 0.2) is 42.5 Å². The molecule has 1 heterocycles. The van der Waals surface area contributed by atoms with E-state index < -0.39 is 29.6 Å². The number of methoxy groups -OCH3 is 1. The minimum Gasteiger partial charge on any atom is -0.483 e. The fraction of sp³-hybridized carbons (Fsp3) is 0.350. The van der Waals surface area contributed by atoms with Gasteiger partial charge in [-0.25, -0.2) is 9.18 Å². The predicted octanol–water partition coefficient (Wildman–Crippen LogP) is 3.95. The monoisotopic (exact) mass is 359 g/mol. The third-order valence-electron chi connectivity index (χ3n) is 4.51. The van der Waals surface area contributed by atoms with Crippen molar-refractivity contribution in [2.75, 3.05) is 19.5 Å². The number of fused-ring (bicyclic) bond motifs is 1. The van der Waals surface area contributed by atoms with Crippen molar-refractivity contribution >= 4 is 11.7 Å². The van der Waals surface area contributed by atoms with Gasteiger partial charge in [-0.3, -0.25) is 0 Å². The summed E-state index contributed by atoms with van der Waals surface area (Å²) < 4.78 is 30.6. The summed E-state index contributed by atoms with van der Waals surface area (Å²) >= 11 is 0. The van der Waals surface area contributed by atoms with Gasteiger partial charge in [0.05, 0.1) is 5.56 Å². The smallest absolute Gasteiger partial charge is 0.338 e. The van der Waals surface area contributed by atoms with Crippen molar-refractivity contribution in [3.63, 3.8) is 0 Å². The molecule has 1 N–H and O–H groups in total. The van der Waals surface area contributed by atoms with Gasteiger partial charge in [0, 0.05) is 25.4 Å². The standard InChI is InChI=1S/C20H22FNO4/c1-20(2)18(25-19(23)12-5-7-13(21)8-6-12)17(24-4)15-11-14(22-3)9-10-16(15)26-20/h5-11,17-18,22H,1-4H3. The lowest BCUT2D eigenvalue weighted by atomic mass is 9.88. The maximum Gasteiger partial charge on any atom is 0.338 e. The van der Waals surface area contributed by atoms with E-state index >= 15 is 0 Å². The molecule has 0 spiro atoms. The predicted molar refractivity (Wildman–Crippen MR) is 96.0 cm³/mol. The van der Waals surface area contributed by atoms with Crippen molar-refractivity contribution in [2.45, 2.75) is 31.7 Å². The Morgan fingerprint density at radius 2 is 1.88 bits per heavy atom. The van der Waals surface area contributed by atoms with Crippen molar-refractivity contribution in [3.8, 4) is 5.75 Å². The zero-order chi connectivity index (χ0) is 18.9. The van der Waals surface area contributed by atoms with Crippen LogP contribution in [-0.2, 0) is 9.47 Å². The first-order valence-corrected chi connectivity index (χ1v) is 8.36. The van der Waals surface area contributed by atoms with Crippen LogP contribution in [0.5, 0.6) is 5.75 Å².